The lowest BCUT2D eigenvalue weighted by Crippen LogP contribution is -2.53. The summed E-state index contributed by atoms with van der Waals surface area (Å²) in [5.74, 6) is -0.0678. The summed E-state index contributed by atoms with van der Waals surface area (Å²) >= 11 is 3.56. The minimum atomic E-state index is -1.03. The maximum atomic E-state index is 13.7. The van der Waals surface area contributed by atoms with Crippen LogP contribution in [0.15, 0.2) is 46.9 Å². The van der Waals surface area contributed by atoms with Gasteiger partial charge in [-0.3, -0.25) is 14.6 Å². The van der Waals surface area contributed by atoms with Crippen molar-refractivity contribution in [1.82, 2.24) is 25.4 Å². The van der Waals surface area contributed by atoms with Gasteiger partial charge in [-0.1, -0.05) is 28.1 Å². The minimum absolute atomic E-state index is 0.119. The fourth-order valence-electron chi connectivity index (χ4n) is 5.25. The summed E-state index contributed by atoms with van der Waals surface area (Å²) in [6.45, 7) is 4.26. The third-order valence-electron chi connectivity index (χ3n) is 6.88. The van der Waals surface area contributed by atoms with E-state index in [0.29, 0.717) is 19.5 Å². The first-order chi connectivity index (χ1) is 16.3. The van der Waals surface area contributed by atoms with Gasteiger partial charge in [0.05, 0.1) is 0 Å². The molecule has 2 aliphatic heterocycles. The summed E-state index contributed by atoms with van der Waals surface area (Å²) in [6.07, 6.45) is 0.419. The Morgan fingerprint density at radius 2 is 2.00 bits per heavy atom. The van der Waals surface area contributed by atoms with Crippen LogP contribution in [-0.4, -0.2) is 70.6 Å². The normalized spacial score (nSPS) is 21.9. The average molecular weight is 526 g/mol. The van der Waals surface area contributed by atoms with Crippen LogP contribution in [0.3, 0.4) is 0 Å². The third-order valence-corrected chi connectivity index (χ3v) is 7.37. The average Bonchev–Trinajstić information content (AvgIpc) is 3.24. The van der Waals surface area contributed by atoms with Crippen molar-refractivity contribution < 1.29 is 14.7 Å². The zero-order valence-corrected chi connectivity index (χ0v) is 20.8. The number of aromatic nitrogens is 1. The van der Waals surface area contributed by atoms with Crippen LogP contribution in [0.25, 0.3) is 10.9 Å². The number of rotatable bonds is 7. The number of halogens is 1. The Hall–Kier alpha value is -2.88. The van der Waals surface area contributed by atoms with Gasteiger partial charge in [0.2, 0.25) is 0 Å². The monoisotopic (exact) mass is 525 g/mol. The molecule has 0 aliphatic carbocycles. The molecule has 5 rings (SSSR count). The lowest BCUT2D eigenvalue weighted by Gasteiger charge is -2.42. The Kier molecular flexibility index (Phi) is 5.87. The van der Waals surface area contributed by atoms with Gasteiger partial charge in [0.25, 0.3) is 5.91 Å². The number of nitrogens with zero attached hydrogens (tertiary/aromatic N) is 2. The van der Waals surface area contributed by atoms with Crippen molar-refractivity contribution >= 4 is 38.8 Å². The number of likely N-dealkylation sites (N-methyl/N-ethyl adjacent to an activating group) is 1. The molecule has 2 aliphatic rings. The van der Waals surface area contributed by atoms with Gasteiger partial charge in [0.1, 0.15) is 17.3 Å². The van der Waals surface area contributed by atoms with Crippen LogP contribution in [0.2, 0.25) is 0 Å². The van der Waals surface area contributed by atoms with Gasteiger partial charge in [-0.15, -0.1) is 0 Å². The molecule has 0 bridgehead atoms. The molecule has 0 saturated carbocycles. The molecule has 8 nitrogen and oxygen atoms in total. The first-order valence-electron chi connectivity index (χ1n) is 11.4. The molecule has 3 heterocycles. The smallest absolute Gasteiger partial charge is 0.328 e. The van der Waals surface area contributed by atoms with Crippen molar-refractivity contribution in [3.8, 4) is 5.75 Å². The van der Waals surface area contributed by atoms with Crippen LogP contribution in [0.4, 0.5) is 4.79 Å². The van der Waals surface area contributed by atoms with E-state index >= 15 is 0 Å². The second-order valence-corrected chi connectivity index (χ2v) is 10.0. The Labute approximate surface area is 206 Å². The van der Waals surface area contributed by atoms with Gasteiger partial charge < -0.3 is 20.7 Å². The first kappa shape index (κ1) is 22.9. The number of imide groups is 1. The molecule has 4 N–H and O–H groups in total. The lowest BCUT2D eigenvalue weighted by atomic mass is 9.81. The number of hydrogen-bond donors (Lipinski definition) is 4. The van der Waals surface area contributed by atoms with E-state index in [9.17, 15) is 14.7 Å². The number of aromatic hydroxyl groups is 1. The van der Waals surface area contributed by atoms with Crippen molar-refractivity contribution in [3.63, 3.8) is 0 Å². The molecule has 0 radical (unpaired) electrons. The summed E-state index contributed by atoms with van der Waals surface area (Å²) in [6, 6.07) is 12.1. The highest BCUT2D eigenvalue weighted by atomic mass is 79.9. The first-order valence-corrected chi connectivity index (χ1v) is 12.2. The Morgan fingerprint density at radius 1 is 1.18 bits per heavy atom. The van der Waals surface area contributed by atoms with E-state index in [1.807, 2.05) is 38.2 Å². The number of carbonyl (C=O) groups excluding carboxylic acids is 2. The van der Waals surface area contributed by atoms with E-state index < -0.39 is 11.6 Å². The van der Waals surface area contributed by atoms with Gasteiger partial charge in [-0.25, -0.2) is 4.79 Å². The van der Waals surface area contributed by atoms with Gasteiger partial charge in [0.15, 0.2) is 0 Å². The fraction of sp³-hybridized carbons (Fsp3) is 0.360. The molecular formula is C25H28BrN5O3. The Morgan fingerprint density at radius 3 is 2.76 bits per heavy atom. The number of aromatic amines is 1. The number of nitrogens with one attached hydrogen (secondary N) is 3. The lowest BCUT2D eigenvalue weighted by molar-refractivity contribution is -0.133. The van der Waals surface area contributed by atoms with Crippen LogP contribution in [-0.2, 0) is 11.2 Å². The maximum Gasteiger partial charge on any atom is 0.328 e. The molecule has 1 saturated heterocycles. The number of carbonyl (C=O) groups is 2. The molecule has 1 fully saturated rings. The van der Waals surface area contributed by atoms with Gasteiger partial charge >= 0.3 is 6.03 Å². The van der Waals surface area contributed by atoms with Crippen molar-refractivity contribution in [3.05, 3.63) is 63.8 Å². The number of urea groups is 1. The van der Waals surface area contributed by atoms with Gasteiger partial charge in [0, 0.05) is 53.7 Å². The Bertz CT molecular complexity index is 1270. The molecule has 1 aromatic heterocycles. The SMILES string of the molecule is CNCCNCCN1C(=O)N2[C@H](c3cccc(O)c3)c3[nH]c4ccc(Br)cc4c3C[C@@]2(C)C1=O. The van der Waals surface area contributed by atoms with E-state index in [1.165, 1.54) is 4.90 Å². The molecule has 0 spiro atoms. The number of amides is 3. The fourth-order valence-corrected chi connectivity index (χ4v) is 5.61. The van der Waals surface area contributed by atoms with Crippen molar-refractivity contribution in [2.45, 2.75) is 24.9 Å². The number of benzene rings is 2. The Balaban J connectivity index is 1.60. The van der Waals surface area contributed by atoms with Crippen LogP contribution in [0.1, 0.15) is 29.8 Å². The number of hydrogen-bond acceptors (Lipinski definition) is 5. The maximum absolute atomic E-state index is 13.7. The van der Waals surface area contributed by atoms with E-state index in [4.69, 9.17) is 0 Å². The zero-order chi connectivity index (χ0) is 24.0. The second kappa shape index (κ2) is 8.72. The minimum Gasteiger partial charge on any atom is -0.508 e. The number of fused-ring (bicyclic) bond motifs is 4. The summed E-state index contributed by atoms with van der Waals surface area (Å²) in [7, 11) is 1.88. The van der Waals surface area contributed by atoms with Crippen LogP contribution >= 0.6 is 15.9 Å². The van der Waals surface area contributed by atoms with Crippen LogP contribution in [0.5, 0.6) is 5.75 Å². The summed E-state index contributed by atoms with van der Waals surface area (Å²) < 4.78 is 0.950. The third kappa shape index (κ3) is 3.59. The molecule has 2 atom stereocenters. The highest BCUT2D eigenvalue weighted by Gasteiger charge is 2.60. The molecule has 9 heteroatoms. The zero-order valence-electron chi connectivity index (χ0n) is 19.2. The number of H-pyrrole nitrogens is 1. The van der Waals surface area contributed by atoms with E-state index in [-0.39, 0.29) is 17.7 Å². The molecule has 34 heavy (non-hydrogen) atoms. The molecule has 178 valence electrons. The second-order valence-electron chi connectivity index (χ2n) is 9.12. The van der Waals surface area contributed by atoms with Crippen molar-refractivity contribution in [1.29, 1.82) is 0 Å². The highest BCUT2D eigenvalue weighted by molar-refractivity contribution is 9.10. The summed E-state index contributed by atoms with van der Waals surface area (Å²) in [5, 5.41) is 17.6. The number of phenols is 1. The standard InChI is InChI=1S/C25H28BrN5O3/c1-25-14-19-18-13-16(26)6-7-20(18)29-21(19)22(15-4-3-5-17(32)12-15)31(25)24(34)30(23(25)33)11-10-28-9-8-27-2/h3-7,12-13,22,27-29,32H,8-11,14H2,1-2H3/t22-,25+/m1/s1. The molecule has 3 aromatic rings. The van der Waals surface area contributed by atoms with E-state index in [1.54, 1.807) is 23.1 Å². The van der Waals surface area contributed by atoms with Gasteiger partial charge in [-0.05, 0) is 55.4 Å². The highest BCUT2D eigenvalue weighted by Crippen LogP contribution is 2.49. The quantitative estimate of drug-likeness (QED) is 0.280. The molecule has 0 unspecified atom stereocenters. The van der Waals surface area contributed by atoms with E-state index in [2.05, 4.69) is 31.5 Å². The topological polar surface area (TPSA) is 101 Å². The predicted molar refractivity (Wildman–Crippen MR) is 134 cm³/mol. The summed E-state index contributed by atoms with van der Waals surface area (Å²) in [5.41, 5.74) is 2.59. The number of phenolic OH excluding ortho intramolecular Hbond substituents is 1. The molecular weight excluding hydrogens is 498 g/mol. The van der Waals surface area contributed by atoms with Crippen LogP contribution in [0, 0.1) is 0 Å². The van der Waals surface area contributed by atoms with Crippen molar-refractivity contribution in [2.24, 2.45) is 0 Å². The molecule has 3 amide bonds. The summed E-state index contributed by atoms with van der Waals surface area (Å²) in [4.78, 5) is 34.0. The van der Waals surface area contributed by atoms with E-state index in [0.717, 1.165) is 45.3 Å². The molecule has 2 aromatic carbocycles. The van der Waals surface area contributed by atoms with Gasteiger partial charge in [-0.2, -0.15) is 0 Å². The predicted octanol–water partition coefficient (Wildman–Crippen LogP) is 3.11. The van der Waals surface area contributed by atoms with Crippen molar-refractivity contribution in [2.75, 3.05) is 33.2 Å². The van der Waals surface area contributed by atoms with Crippen LogP contribution < -0.4 is 10.6 Å². The largest absolute Gasteiger partial charge is 0.508 e.